The molecule has 3 heterocycles. The topological polar surface area (TPSA) is 46.1 Å². The molecule has 4 rings (SSSR count). The Morgan fingerprint density at radius 3 is 2.88 bits per heavy atom. The molecule has 26 heavy (non-hydrogen) atoms. The van der Waals surface area contributed by atoms with Gasteiger partial charge >= 0.3 is 0 Å². The molecule has 2 aromatic heterocycles. The first-order valence-electron chi connectivity index (χ1n) is 8.92. The Morgan fingerprint density at radius 2 is 2.15 bits per heavy atom. The molecule has 5 nitrogen and oxygen atoms in total. The summed E-state index contributed by atoms with van der Waals surface area (Å²) >= 11 is 7.13. The van der Waals surface area contributed by atoms with E-state index in [1.807, 2.05) is 23.1 Å². The number of benzene rings is 1. The van der Waals surface area contributed by atoms with E-state index in [9.17, 15) is 0 Å². The second-order valence-electron chi connectivity index (χ2n) is 6.37. The standard InChI is InChI=1S/C19H22N4OS2/c1-2-24-15-9-7-14(8-10-15)16-5-3-11-22(16)13-23-19(25)20-18(21-23)17-6-4-12-26-17/h4,6-10,12,16H,2-3,5,11,13H2,1H3,(H,20,21,25)/t16-/m0/s1. The molecule has 1 N–H and O–H groups in total. The third kappa shape index (κ3) is 3.60. The number of H-pyrrole nitrogens is 1. The van der Waals surface area contributed by atoms with Gasteiger partial charge < -0.3 is 4.74 Å². The average molecular weight is 387 g/mol. The zero-order valence-electron chi connectivity index (χ0n) is 14.7. The van der Waals surface area contributed by atoms with E-state index in [4.69, 9.17) is 17.0 Å². The number of ether oxygens (including phenoxy) is 1. The van der Waals surface area contributed by atoms with E-state index >= 15 is 0 Å². The minimum atomic E-state index is 0.404. The number of nitrogens with one attached hydrogen (secondary N) is 1. The summed E-state index contributed by atoms with van der Waals surface area (Å²) in [5, 5.41) is 5.41. The first kappa shape index (κ1) is 17.5. The van der Waals surface area contributed by atoms with E-state index in [0.29, 0.717) is 17.4 Å². The maximum atomic E-state index is 5.56. The Labute approximate surface area is 162 Å². The van der Waals surface area contributed by atoms with Gasteiger partial charge in [0, 0.05) is 12.6 Å². The minimum absolute atomic E-state index is 0.404. The molecule has 1 atom stereocenters. The molecule has 0 radical (unpaired) electrons. The summed E-state index contributed by atoms with van der Waals surface area (Å²) in [6, 6.07) is 13.0. The van der Waals surface area contributed by atoms with Crippen LogP contribution in [0.5, 0.6) is 5.75 Å². The molecule has 0 saturated carbocycles. The zero-order chi connectivity index (χ0) is 17.9. The molecule has 1 saturated heterocycles. The number of hydrogen-bond donors (Lipinski definition) is 1. The summed E-state index contributed by atoms with van der Waals surface area (Å²) in [6.07, 6.45) is 2.35. The predicted octanol–water partition coefficient (Wildman–Crippen LogP) is 4.86. The van der Waals surface area contributed by atoms with Gasteiger partial charge in [0.2, 0.25) is 4.77 Å². The highest BCUT2D eigenvalue weighted by molar-refractivity contribution is 7.71. The monoisotopic (exact) mass is 386 g/mol. The molecule has 0 amide bonds. The molecule has 0 spiro atoms. The summed E-state index contributed by atoms with van der Waals surface area (Å²) in [6.45, 7) is 4.49. The van der Waals surface area contributed by atoms with Gasteiger partial charge in [-0.05, 0) is 61.1 Å². The molecule has 7 heteroatoms. The maximum absolute atomic E-state index is 5.56. The van der Waals surface area contributed by atoms with Crippen LogP contribution in [-0.4, -0.2) is 32.8 Å². The van der Waals surface area contributed by atoms with Gasteiger partial charge in [0.1, 0.15) is 5.75 Å². The van der Waals surface area contributed by atoms with E-state index in [1.165, 1.54) is 12.0 Å². The van der Waals surface area contributed by atoms with Gasteiger partial charge in [-0.1, -0.05) is 18.2 Å². The fourth-order valence-electron chi connectivity index (χ4n) is 3.48. The van der Waals surface area contributed by atoms with E-state index in [0.717, 1.165) is 36.1 Å². The lowest BCUT2D eigenvalue weighted by Crippen LogP contribution is -2.26. The van der Waals surface area contributed by atoms with Gasteiger partial charge in [-0.2, -0.15) is 4.98 Å². The third-order valence-corrected chi connectivity index (χ3v) is 5.88. The highest BCUT2D eigenvalue weighted by Crippen LogP contribution is 2.33. The van der Waals surface area contributed by atoms with Gasteiger partial charge in [0.05, 0.1) is 18.2 Å². The highest BCUT2D eigenvalue weighted by Gasteiger charge is 2.26. The first-order valence-corrected chi connectivity index (χ1v) is 10.2. The number of hydrogen-bond acceptors (Lipinski definition) is 5. The van der Waals surface area contributed by atoms with Crippen LogP contribution in [0.15, 0.2) is 41.8 Å². The number of rotatable bonds is 6. The van der Waals surface area contributed by atoms with Gasteiger partial charge in [-0.15, -0.1) is 11.3 Å². The van der Waals surface area contributed by atoms with Crippen LogP contribution in [0.4, 0.5) is 0 Å². The quantitative estimate of drug-likeness (QED) is 0.615. The molecule has 1 aromatic carbocycles. The predicted molar refractivity (Wildman–Crippen MR) is 107 cm³/mol. The van der Waals surface area contributed by atoms with Crippen LogP contribution < -0.4 is 4.74 Å². The van der Waals surface area contributed by atoms with Crippen molar-refractivity contribution in [2.75, 3.05) is 13.2 Å². The van der Waals surface area contributed by atoms with Crippen molar-refractivity contribution in [3.63, 3.8) is 0 Å². The molecule has 1 fully saturated rings. The molecular weight excluding hydrogens is 364 g/mol. The van der Waals surface area contributed by atoms with Crippen molar-refractivity contribution in [1.82, 2.24) is 19.7 Å². The van der Waals surface area contributed by atoms with Gasteiger partial charge in [0.25, 0.3) is 0 Å². The molecule has 136 valence electrons. The van der Waals surface area contributed by atoms with Crippen LogP contribution in [0.25, 0.3) is 10.7 Å². The van der Waals surface area contributed by atoms with Crippen molar-refractivity contribution in [3.05, 3.63) is 52.1 Å². The van der Waals surface area contributed by atoms with Crippen LogP contribution in [0.2, 0.25) is 0 Å². The Balaban J connectivity index is 1.51. The zero-order valence-corrected chi connectivity index (χ0v) is 16.4. The van der Waals surface area contributed by atoms with E-state index in [2.05, 4.69) is 45.3 Å². The van der Waals surface area contributed by atoms with Crippen molar-refractivity contribution in [2.45, 2.75) is 32.5 Å². The largest absolute Gasteiger partial charge is 0.494 e. The SMILES string of the molecule is CCOc1ccc([C@@H]2CCCN2Cn2[nH]c(-c3cccs3)nc2=S)cc1. The minimum Gasteiger partial charge on any atom is -0.494 e. The molecular formula is C19H22N4OS2. The lowest BCUT2D eigenvalue weighted by Gasteiger charge is -2.25. The molecule has 3 aromatic rings. The Bertz CT molecular complexity index is 899. The van der Waals surface area contributed by atoms with Crippen molar-refractivity contribution < 1.29 is 4.74 Å². The summed E-state index contributed by atoms with van der Waals surface area (Å²) in [5.41, 5.74) is 1.33. The summed E-state index contributed by atoms with van der Waals surface area (Å²) in [4.78, 5) is 8.09. The maximum Gasteiger partial charge on any atom is 0.217 e. The molecule has 1 aliphatic rings. The number of aromatic nitrogens is 3. The van der Waals surface area contributed by atoms with Crippen molar-refractivity contribution in [2.24, 2.45) is 0 Å². The van der Waals surface area contributed by atoms with Crippen molar-refractivity contribution in [3.8, 4) is 16.5 Å². The van der Waals surface area contributed by atoms with Crippen LogP contribution in [0.3, 0.4) is 0 Å². The van der Waals surface area contributed by atoms with Gasteiger partial charge in [0.15, 0.2) is 5.82 Å². The number of likely N-dealkylation sites (tertiary alicyclic amines) is 1. The van der Waals surface area contributed by atoms with E-state index in [-0.39, 0.29) is 0 Å². The lowest BCUT2D eigenvalue weighted by molar-refractivity contribution is 0.190. The van der Waals surface area contributed by atoms with Crippen LogP contribution in [0.1, 0.15) is 31.4 Å². The fourth-order valence-corrected chi connectivity index (χ4v) is 4.34. The average Bonchev–Trinajstić information content (AvgIpc) is 3.38. The van der Waals surface area contributed by atoms with Crippen LogP contribution in [-0.2, 0) is 6.67 Å². The highest BCUT2D eigenvalue weighted by atomic mass is 32.1. The number of nitrogens with zero attached hydrogens (tertiary/aromatic N) is 3. The lowest BCUT2D eigenvalue weighted by atomic mass is 10.0. The third-order valence-electron chi connectivity index (χ3n) is 4.70. The Morgan fingerprint density at radius 1 is 1.31 bits per heavy atom. The molecule has 0 aliphatic carbocycles. The smallest absolute Gasteiger partial charge is 0.217 e. The van der Waals surface area contributed by atoms with Crippen LogP contribution in [0, 0.1) is 4.77 Å². The second-order valence-corrected chi connectivity index (χ2v) is 7.69. The molecule has 1 aliphatic heterocycles. The number of aromatic amines is 1. The van der Waals surface area contributed by atoms with Gasteiger partial charge in [-0.25, -0.2) is 4.68 Å². The summed E-state index contributed by atoms with van der Waals surface area (Å²) < 4.78 is 8.13. The molecule has 0 unspecified atom stereocenters. The number of thiophene rings is 1. The van der Waals surface area contributed by atoms with Crippen molar-refractivity contribution >= 4 is 23.6 Å². The Hall–Kier alpha value is -1.96. The van der Waals surface area contributed by atoms with E-state index in [1.54, 1.807) is 11.3 Å². The van der Waals surface area contributed by atoms with Crippen molar-refractivity contribution in [1.29, 1.82) is 0 Å². The summed E-state index contributed by atoms with van der Waals surface area (Å²) in [5.74, 6) is 1.78. The van der Waals surface area contributed by atoms with Gasteiger partial charge in [-0.3, -0.25) is 10.00 Å². The second kappa shape index (κ2) is 7.73. The normalized spacial score (nSPS) is 17.7. The van der Waals surface area contributed by atoms with E-state index < -0.39 is 0 Å². The Kier molecular flexibility index (Phi) is 5.19. The fraction of sp³-hybridized carbons (Fsp3) is 0.368. The van der Waals surface area contributed by atoms with Crippen LogP contribution >= 0.6 is 23.6 Å². The molecule has 0 bridgehead atoms. The summed E-state index contributed by atoms with van der Waals surface area (Å²) in [7, 11) is 0. The first-order chi connectivity index (χ1) is 12.7.